The molecule has 37 heavy (non-hydrogen) atoms. The van der Waals surface area contributed by atoms with Gasteiger partial charge in [-0.2, -0.15) is 0 Å². The van der Waals surface area contributed by atoms with E-state index in [1.54, 1.807) is 26.8 Å². The number of aryl methyl sites for hydroxylation is 1. The molecule has 7 nitrogen and oxygen atoms in total. The van der Waals surface area contributed by atoms with Crippen LogP contribution in [0.4, 0.5) is 10.5 Å². The Kier molecular flexibility index (Phi) is 8.25. The maximum Gasteiger partial charge on any atom is 0.412 e. The molecule has 4 aromatic rings. The van der Waals surface area contributed by atoms with Crippen LogP contribution in [-0.2, 0) is 20.7 Å². The first kappa shape index (κ1) is 26.0. The van der Waals surface area contributed by atoms with E-state index in [1.807, 2.05) is 66.7 Å². The van der Waals surface area contributed by atoms with Crippen LogP contribution in [0.5, 0.6) is 0 Å². The zero-order valence-electron chi connectivity index (χ0n) is 20.8. The van der Waals surface area contributed by atoms with Crippen molar-refractivity contribution in [1.29, 1.82) is 0 Å². The summed E-state index contributed by atoms with van der Waals surface area (Å²) in [5.74, 6) is 0.185. The second kappa shape index (κ2) is 11.8. The number of aromatic nitrogens is 1. The van der Waals surface area contributed by atoms with Gasteiger partial charge in [0, 0.05) is 16.1 Å². The van der Waals surface area contributed by atoms with Crippen LogP contribution in [0.15, 0.2) is 77.3 Å². The molecule has 1 N–H and O–H groups in total. The van der Waals surface area contributed by atoms with Crippen molar-refractivity contribution in [2.45, 2.75) is 33.3 Å². The third-order valence-electron chi connectivity index (χ3n) is 5.80. The Balaban J connectivity index is 1.45. The van der Waals surface area contributed by atoms with Crippen LogP contribution >= 0.6 is 11.6 Å². The molecule has 0 unspecified atom stereocenters. The first-order valence-electron chi connectivity index (χ1n) is 11.9. The van der Waals surface area contributed by atoms with Gasteiger partial charge < -0.3 is 14.0 Å². The second-order valence-electron chi connectivity index (χ2n) is 8.42. The van der Waals surface area contributed by atoms with Crippen molar-refractivity contribution in [3.63, 3.8) is 0 Å². The summed E-state index contributed by atoms with van der Waals surface area (Å²) in [5.41, 5.74) is 5.31. The molecule has 0 aliphatic heterocycles. The summed E-state index contributed by atoms with van der Waals surface area (Å²) in [6.45, 7) is 5.66. The number of esters is 1. The zero-order chi connectivity index (χ0) is 26.4. The average molecular weight is 519 g/mol. The molecule has 3 aromatic carbocycles. The Hall–Kier alpha value is -4.10. The molecule has 1 atom stereocenters. The van der Waals surface area contributed by atoms with Gasteiger partial charge in [-0.15, -0.1) is 0 Å². The second-order valence-corrected chi connectivity index (χ2v) is 8.83. The van der Waals surface area contributed by atoms with Crippen LogP contribution in [-0.4, -0.2) is 23.8 Å². The lowest BCUT2D eigenvalue weighted by atomic mass is 10.0. The van der Waals surface area contributed by atoms with E-state index in [0.717, 1.165) is 22.3 Å². The van der Waals surface area contributed by atoms with E-state index < -0.39 is 12.2 Å². The lowest BCUT2D eigenvalue weighted by Gasteiger charge is -2.15. The molecule has 8 heteroatoms. The van der Waals surface area contributed by atoms with Crippen LogP contribution in [0.3, 0.4) is 0 Å². The van der Waals surface area contributed by atoms with Gasteiger partial charge in [-0.3, -0.25) is 10.1 Å². The number of nitrogens with zero attached hydrogens (tertiary/aromatic N) is 1. The molecule has 0 radical (unpaired) electrons. The van der Waals surface area contributed by atoms with Crippen molar-refractivity contribution < 1.29 is 23.6 Å². The van der Waals surface area contributed by atoms with Gasteiger partial charge in [-0.25, -0.2) is 4.79 Å². The van der Waals surface area contributed by atoms with Gasteiger partial charge in [-0.05, 0) is 43.5 Å². The van der Waals surface area contributed by atoms with E-state index in [0.29, 0.717) is 34.3 Å². The number of nitrogens with one attached hydrogen (secondary N) is 1. The Labute approximate surface area is 220 Å². The molecule has 0 spiro atoms. The summed E-state index contributed by atoms with van der Waals surface area (Å²) in [6.07, 6.45) is -0.937. The topological polar surface area (TPSA) is 90.7 Å². The summed E-state index contributed by atoms with van der Waals surface area (Å²) in [5, 5.41) is 7.30. The fourth-order valence-corrected chi connectivity index (χ4v) is 4.17. The molecule has 0 bridgehead atoms. The van der Waals surface area contributed by atoms with E-state index in [1.165, 1.54) is 0 Å². The summed E-state index contributed by atoms with van der Waals surface area (Å²) in [6, 6.07) is 22.7. The Bertz CT molecular complexity index is 1380. The fraction of sp³-hybridized carbons (Fsp3) is 0.207. The molecule has 4 rings (SSSR count). The highest BCUT2D eigenvalue weighted by Gasteiger charge is 2.20. The van der Waals surface area contributed by atoms with Gasteiger partial charge in [0.15, 0.2) is 5.76 Å². The normalized spacial score (nSPS) is 11.6. The predicted octanol–water partition coefficient (Wildman–Crippen LogP) is 7.39. The average Bonchev–Trinajstić information content (AvgIpc) is 3.24. The van der Waals surface area contributed by atoms with E-state index in [4.69, 9.17) is 25.6 Å². The third-order valence-corrected chi connectivity index (χ3v) is 6.15. The molecule has 0 fully saturated rings. The number of hydrogen-bond donors (Lipinski definition) is 1. The molecule has 1 heterocycles. The SMILES string of the molecule is CCOC(=O)Cc1ccc(-c2ccc(-c3onc(C)c3NC(=O)O[C@H](C)c3ccccc3Cl)cc2)cc1. The highest BCUT2D eigenvalue weighted by Crippen LogP contribution is 2.33. The minimum absolute atomic E-state index is 0.242. The van der Waals surface area contributed by atoms with Crippen molar-refractivity contribution in [1.82, 2.24) is 5.16 Å². The summed E-state index contributed by atoms with van der Waals surface area (Å²) < 4.78 is 16.1. The fourth-order valence-electron chi connectivity index (χ4n) is 3.88. The van der Waals surface area contributed by atoms with Gasteiger partial charge in [0.2, 0.25) is 0 Å². The standard InChI is InChI=1S/C29H27ClN2O5/c1-4-35-26(33)17-20-9-11-21(12-10-20)22-13-15-23(16-14-22)28-27(18(2)32-37-28)31-29(34)36-19(3)24-7-5-6-8-25(24)30/h5-16,19H,4,17H2,1-3H3,(H,31,34)/t19-/m1/s1. The molecule has 0 aliphatic carbocycles. The van der Waals surface area contributed by atoms with E-state index >= 15 is 0 Å². The Morgan fingerprint density at radius 3 is 2.24 bits per heavy atom. The third kappa shape index (κ3) is 6.37. The number of ether oxygens (including phenoxy) is 2. The van der Waals surface area contributed by atoms with E-state index in [9.17, 15) is 9.59 Å². The molecule has 0 saturated heterocycles. The van der Waals surface area contributed by atoms with Crippen LogP contribution < -0.4 is 5.32 Å². The molecule has 190 valence electrons. The Morgan fingerprint density at radius 1 is 0.973 bits per heavy atom. The summed E-state index contributed by atoms with van der Waals surface area (Å²) >= 11 is 6.22. The highest BCUT2D eigenvalue weighted by molar-refractivity contribution is 6.31. The van der Waals surface area contributed by atoms with Crippen LogP contribution in [0.1, 0.15) is 36.8 Å². The van der Waals surface area contributed by atoms with Crippen molar-refractivity contribution >= 4 is 29.4 Å². The highest BCUT2D eigenvalue weighted by atomic mass is 35.5. The first-order chi connectivity index (χ1) is 17.9. The lowest BCUT2D eigenvalue weighted by Crippen LogP contribution is -2.17. The largest absolute Gasteiger partial charge is 0.466 e. The zero-order valence-corrected chi connectivity index (χ0v) is 21.5. The van der Waals surface area contributed by atoms with Crippen molar-refractivity contribution in [3.05, 3.63) is 94.6 Å². The number of carbonyl (C=O) groups excluding carboxylic acids is 2. The molecule has 1 aromatic heterocycles. The van der Waals surface area contributed by atoms with Gasteiger partial charge >= 0.3 is 12.1 Å². The van der Waals surface area contributed by atoms with Crippen LogP contribution in [0.25, 0.3) is 22.5 Å². The minimum Gasteiger partial charge on any atom is -0.466 e. The van der Waals surface area contributed by atoms with Crippen LogP contribution in [0.2, 0.25) is 5.02 Å². The smallest absolute Gasteiger partial charge is 0.412 e. The van der Waals surface area contributed by atoms with Gasteiger partial charge in [0.25, 0.3) is 0 Å². The van der Waals surface area contributed by atoms with Gasteiger partial charge in [-0.1, -0.05) is 83.5 Å². The first-order valence-corrected chi connectivity index (χ1v) is 12.3. The molecular weight excluding hydrogens is 492 g/mol. The number of anilines is 1. The van der Waals surface area contributed by atoms with Crippen LogP contribution in [0, 0.1) is 6.92 Å². The van der Waals surface area contributed by atoms with E-state index in [2.05, 4.69) is 10.5 Å². The number of halogens is 1. The monoisotopic (exact) mass is 518 g/mol. The maximum absolute atomic E-state index is 12.6. The number of rotatable bonds is 8. The van der Waals surface area contributed by atoms with Gasteiger partial charge in [0.05, 0.1) is 13.0 Å². The molecule has 0 aliphatic rings. The predicted molar refractivity (Wildman–Crippen MR) is 142 cm³/mol. The quantitative estimate of drug-likeness (QED) is 0.245. The van der Waals surface area contributed by atoms with Crippen molar-refractivity contribution in [2.75, 3.05) is 11.9 Å². The van der Waals surface area contributed by atoms with E-state index in [-0.39, 0.29) is 12.4 Å². The minimum atomic E-state index is -0.639. The molecule has 0 saturated carbocycles. The lowest BCUT2D eigenvalue weighted by molar-refractivity contribution is -0.142. The molecular formula is C29H27ClN2O5. The summed E-state index contributed by atoms with van der Waals surface area (Å²) in [7, 11) is 0. The summed E-state index contributed by atoms with van der Waals surface area (Å²) in [4.78, 5) is 24.3. The van der Waals surface area contributed by atoms with Crippen molar-refractivity contribution in [3.8, 4) is 22.5 Å². The maximum atomic E-state index is 12.6. The van der Waals surface area contributed by atoms with Gasteiger partial charge in [0.1, 0.15) is 17.5 Å². The number of amides is 1. The van der Waals surface area contributed by atoms with Crippen molar-refractivity contribution in [2.24, 2.45) is 0 Å². The number of carbonyl (C=O) groups is 2. The molecule has 1 amide bonds. The Morgan fingerprint density at radius 2 is 1.59 bits per heavy atom. The number of hydrogen-bond acceptors (Lipinski definition) is 6. The number of benzene rings is 3.